The number of rotatable bonds is 2. The van der Waals surface area contributed by atoms with Crippen molar-refractivity contribution in [3.05, 3.63) is 0 Å². The zero-order valence-electron chi connectivity index (χ0n) is 10.7. The minimum absolute atomic E-state index is 0.425. The maximum absolute atomic E-state index is 3.68. The van der Waals surface area contributed by atoms with E-state index in [2.05, 4.69) is 60.5 Å². The summed E-state index contributed by atoms with van der Waals surface area (Å²) >= 11 is 0. The van der Waals surface area contributed by atoms with Gasteiger partial charge >= 0.3 is 0 Å². The van der Waals surface area contributed by atoms with Crippen LogP contribution in [-0.2, 0) is 0 Å². The number of nitrogens with one attached hydrogen (secondary N) is 1. The van der Waals surface area contributed by atoms with Crippen molar-refractivity contribution in [2.24, 2.45) is 0 Å². The van der Waals surface area contributed by atoms with Gasteiger partial charge in [-0.3, -0.25) is 0 Å². The van der Waals surface area contributed by atoms with Crippen LogP contribution < -0.4 is 4.98 Å². The Balaban J connectivity index is 5.17. The normalized spacial score (nSPS) is 14.8. The van der Waals surface area contributed by atoms with Crippen LogP contribution in [-0.4, -0.2) is 15.3 Å². The second kappa shape index (κ2) is 3.74. The largest absolute Gasteiger partial charge is 0.339 e. The molecule has 1 nitrogen and oxygen atoms in total. The molecule has 80 valence electrons. The van der Waals surface area contributed by atoms with E-state index < -0.39 is 8.24 Å². The van der Waals surface area contributed by atoms with Gasteiger partial charge in [-0.15, -0.1) is 0 Å². The molecule has 0 aromatic rings. The van der Waals surface area contributed by atoms with Gasteiger partial charge < -0.3 is 4.98 Å². The summed E-state index contributed by atoms with van der Waals surface area (Å²) in [6.45, 7) is 16.6. The van der Waals surface area contributed by atoms with E-state index in [4.69, 9.17) is 0 Å². The molecule has 0 saturated heterocycles. The van der Waals surface area contributed by atoms with E-state index in [1.54, 1.807) is 0 Å². The summed E-state index contributed by atoms with van der Waals surface area (Å²) in [7, 11) is 0.748. The van der Waals surface area contributed by atoms with Crippen molar-refractivity contribution < 1.29 is 0 Å². The molecule has 13 heavy (non-hydrogen) atoms. The Kier molecular flexibility index (Phi) is 3.79. The van der Waals surface area contributed by atoms with Crippen LogP contribution in [0.25, 0.3) is 0 Å². The van der Waals surface area contributed by atoms with Crippen LogP contribution in [0.15, 0.2) is 0 Å². The van der Waals surface area contributed by atoms with Gasteiger partial charge in [0.1, 0.15) is 8.24 Å². The molecule has 2 heteroatoms. The molecule has 0 aliphatic heterocycles. The van der Waals surface area contributed by atoms with Crippen molar-refractivity contribution in [2.45, 2.75) is 64.6 Å². The summed E-state index contributed by atoms with van der Waals surface area (Å²) < 4.78 is 0. The van der Waals surface area contributed by atoms with Gasteiger partial charge in [0, 0.05) is 0 Å². The summed E-state index contributed by atoms with van der Waals surface area (Å²) in [5.74, 6) is 0. The fourth-order valence-corrected chi connectivity index (χ4v) is 9.34. The van der Waals surface area contributed by atoms with Crippen molar-refractivity contribution in [1.29, 1.82) is 0 Å². The second-order valence-corrected chi connectivity index (χ2v) is 12.0. The third-order valence-electron chi connectivity index (χ3n) is 3.52. The third-order valence-corrected chi connectivity index (χ3v) is 10.6. The van der Waals surface area contributed by atoms with Crippen LogP contribution in [0, 0.1) is 0 Å². The maximum atomic E-state index is 3.68. The lowest BCUT2D eigenvalue weighted by Crippen LogP contribution is -2.61. The molecule has 0 aliphatic rings. The molecular weight excluding hydrogens is 174 g/mol. The molecule has 0 aromatic carbocycles. The molecule has 0 unspecified atom stereocenters. The molecular formula is C11H27NSi. The van der Waals surface area contributed by atoms with E-state index in [-0.39, 0.29) is 0 Å². The quantitative estimate of drug-likeness (QED) is 0.671. The first-order chi connectivity index (χ1) is 5.62. The van der Waals surface area contributed by atoms with Gasteiger partial charge in [0.25, 0.3) is 0 Å². The molecule has 0 rings (SSSR count). The SMILES string of the molecule is CC[Si](NC)(C(C)(C)C)C(C)(C)C. The first-order valence-corrected chi connectivity index (χ1v) is 7.52. The molecule has 0 radical (unpaired) electrons. The lowest BCUT2D eigenvalue weighted by molar-refractivity contribution is 0.585. The predicted octanol–water partition coefficient (Wildman–Crippen LogP) is 3.77. The molecule has 0 amide bonds. The van der Waals surface area contributed by atoms with E-state index in [0.29, 0.717) is 10.1 Å². The maximum Gasteiger partial charge on any atom is 0.136 e. The topological polar surface area (TPSA) is 12.0 Å². The van der Waals surface area contributed by atoms with Crippen molar-refractivity contribution in [3.8, 4) is 0 Å². The average Bonchev–Trinajstić information content (AvgIpc) is 1.84. The Labute approximate surface area is 85.4 Å². The number of hydrogen-bond acceptors (Lipinski definition) is 1. The van der Waals surface area contributed by atoms with E-state index in [1.165, 1.54) is 6.04 Å². The Morgan fingerprint density at radius 2 is 1.23 bits per heavy atom. The van der Waals surface area contributed by atoms with Gasteiger partial charge in [0.15, 0.2) is 0 Å². The fourth-order valence-electron chi connectivity index (χ4n) is 3.11. The monoisotopic (exact) mass is 201 g/mol. The predicted molar refractivity (Wildman–Crippen MR) is 64.7 cm³/mol. The summed E-state index contributed by atoms with van der Waals surface area (Å²) in [5, 5.41) is 0.851. The van der Waals surface area contributed by atoms with E-state index in [9.17, 15) is 0 Å². The fraction of sp³-hybridized carbons (Fsp3) is 1.00. The van der Waals surface area contributed by atoms with Crippen molar-refractivity contribution >= 4 is 8.24 Å². The Morgan fingerprint density at radius 3 is 1.23 bits per heavy atom. The zero-order chi connectivity index (χ0) is 10.9. The Hall–Kier alpha value is 0.177. The van der Waals surface area contributed by atoms with Crippen LogP contribution in [0.3, 0.4) is 0 Å². The Morgan fingerprint density at radius 1 is 0.923 bits per heavy atom. The highest BCUT2D eigenvalue weighted by atomic mass is 28.3. The Bertz CT molecular complexity index is 142. The van der Waals surface area contributed by atoms with Crippen molar-refractivity contribution in [3.63, 3.8) is 0 Å². The van der Waals surface area contributed by atoms with E-state index >= 15 is 0 Å². The smallest absolute Gasteiger partial charge is 0.136 e. The van der Waals surface area contributed by atoms with Gasteiger partial charge in [-0.25, -0.2) is 0 Å². The highest BCUT2D eigenvalue weighted by Gasteiger charge is 2.50. The molecule has 0 heterocycles. The summed E-state index contributed by atoms with van der Waals surface area (Å²) in [6, 6.07) is 1.30. The lowest BCUT2D eigenvalue weighted by atomic mass is 10.2. The molecule has 0 aliphatic carbocycles. The summed E-state index contributed by atoms with van der Waals surface area (Å²) in [6.07, 6.45) is 0. The van der Waals surface area contributed by atoms with Crippen LogP contribution in [0.2, 0.25) is 16.1 Å². The zero-order valence-corrected chi connectivity index (χ0v) is 11.7. The van der Waals surface area contributed by atoms with Crippen molar-refractivity contribution in [1.82, 2.24) is 4.98 Å². The van der Waals surface area contributed by atoms with Crippen LogP contribution in [0.1, 0.15) is 48.5 Å². The summed E-state index contributed by atoms with van der Waals surface area (Å²) in [4.78, 5) is 3.68. The molecule has 0 bridgehead atoms. The van der Waals surface area contributed by atoms with Crippen molar-refractivity contribution in [2.75, 3.05) is 7.05 Å². The summed E-state index contributed by atoms with van der Waals surface area (Å²) in [5.41, 5.74) is 0. The van der Waals surface area contributed by atoms with Gasteiger partial charge in [0.05, 0.1) is 0 Å². The standard InChI is InChI=1S/C11H27NSi/c1-9-13(12-8,10(2,3)4)11(5,6)7/h12H,9H2,1-8H3. The number of hydrogen-bond donors (Lipinski definition) is 1. The van der Waals surface area contributed by atoms with Gasteiger partial charge in [0.2, 0.25) is 0 Å². The third kappa shape index (κ3) is 2.16. The molecule has 0 fully saturated rings. The molecule has 0 saturated carbocycles. The van der Waals surface area contributed by atoms with Crippen LogP contribution >= 0.6 is 0 Å². The average molecular weight is 201 g/mol. The highest BCUT2D eigenvalue weighted by molar-refractivity contribution is 6.82. The second-order valence-electron chi connectivity index (χ2n) is 6.01. The minimum Gasteiger partial charge on any atom is -0.339 e. The van der Waals surface area contributed by atoms with Gasteiger partial charge in [-0.05, 0) is 23.2 Å². The highest BCUT2D eigenvalue weighted by Crippen LogP contribution is 2.50. The first-order valence-electron chi connectivity index (χ1n) is 5.31. The van der Waals surface area contributed by atoms with Gasteiger partial charge in [-0.2, -0.15) is 0 Å². The molecule has 0 atom stereocenters. The van der Waals surface area contributed by atoms with Crippen LogP contribution in [0.5, 0.6) is 0 Å². The van der Waals surface area contributed by atoms with Crippen LogP contribution in [0.4, 0.5) is 0 Å². The van der Waals surface area contributed by atoms with E-state index in [0.717, 1.165) is 0 Å². The molecule has 1 N–H and O–H groups in total. The molecule has 0 spiro atoms. The van der Waals surface area contributed by atoms with Gasteiger partial charge in [-0.1, -0.05) is 48.5 Å². The minimum atomic E-state index is -1.40. The molecule has 0 aromatic heterocycles. The van der Waals surface area contributed by atoms with E-state index in [1.807, 2.05) is 0 Å². The lowest BCUT2D eigenvalue weighted by Gasteiger charge is -2.51. The first kappa shape index (κ1) is 13.2.